The van der Waals surface area contributed by atoms with E-state index in [0.717, 1.165) is 5.56 Å². The number of nitrogens with one attached hydrogen (secondary N) is 1. The van der Waals surface area contributed by atoms with Gasteiger partial charge in [-0.1, -0.05) is 12.1 Å². The molecule has 8 heteroatoms. The molecule has 27 heavy (non-hydrogen) atoms. The van der Waals surface area contributed by atoms with Crippen molar-refractivity contribution in [2.24, 2.45) is 0 Å². The molecular formula is C19H19FN4O3. The van der Waals surface area contributed by atoms with Crippen molar-refractivity contribution in [3.05, 3.63) is 70.0 Å². The van der Waals surface area contributed by atoms with Gasteiger partial charge in [0.05, 0.1) is 5.60 Å². The Morgan fingerprint density at radius 2 is 2.04 bits per heavy atom. The average Bonchev–Trinajstić information content (AvgIpc) is 3.02. The SMILES string of the molecule is O=C(c1ccn2c(=O)[nH]nc2c1)N1CCC(O)(Cc2cccc(F)c2)CC1. The molecule has 1 aliphatic heterocycles. The van der Waals surface area contributed by atoms with Crippen LogP contribution in [0.3, 0.4) is 0 Å². The predicted molar refractivity (Wildman–Crippen MR) is 96.0 cm³/mol. The lowest BCUT2D eigenvalue weighted by Gasteiger charge is -2.38. The molecule has 3 heterocycles. The van der Waals surface area contributed by atoms with E-state index in [2.05, 4.69) is 10.2 Å². The van der Waals surface area contributed by atoms with E-state index in [-0.39, 0.29) is 17.4 Å². The maximum Gasteiger partial charge on any atom is 0.347 e. The molecule has 0 unspecified atom stereocenters. The topological polar surface area (TPSA) is 90.7 Å². The highest BCUT2D eigenvalue weighted by Crippen LogP contribution is 2.27. The third kappa shape index (κ3) is 3.48. The Morgan fingerprint density at radius 3 is 2.78 bits per heavy atom. The number of carbonyl (C=O) groups excluding carboxylic acids is 1. The van der Waals surface area contributed by atoms with Gasteiger partial charge < -0.3 is 10.0 Å². The van der Waals surface area contributed by atoms with Gasteiger partial charge in [0.2, 0.25) is 0 Å². The molecule has 4 rings (SSSR count). The largest absolute Gasteiger partial charge is 0.389 e. The van der Waals surface area contributed by atoms with E-state index in [4.69, 9.17) is 0 Å². The summed E-state index contributed by atoms with van der Waals surface area (Å²) < 4.78 is 14.7. The molecular weight excluding hydrogens is 351 g/mol. The fourth-order valence-corrected chi connectivity index (χ4v) is 3.55. The van der Waals surface area contributed by atoms with Crippen LogP contribution in [0.15, 0.2) is 47.4 Å². The summed E-state index contributed by atoms with van der Waals surface area (Å²) in [5, 5.41) is 17.0. The number of halogens is 1. The molecule has 1 fully saturated rings. The molecule has 1 aromatic carbocycles. The quantitative estimate of drug-likeness (QED) is 0.729. The number of H-pyrrole nitrogens is 1. The van der Waals surface area contributed by atoms with Gasteiger partial charge in [0.25, 0.3) is 5.91 Å². The Balaban J connectivity index is 1.44. The number of aromatic amines is 1. The van der Waals surface area contributed by atoms with E-state index in [9.17, 15) is 19.1 Å². The molecule has 2 N–H and O–H groups in total. The van der Waals surface area contributed by atoms with Gasteiger partial charge in [-0.2, -0.15) is 5.10 Å². The van der Waals surface area contributed by atoms with Crippen LogP contribution in [0.25, 0.3) is 5.65 Å². The second kappa shape index (κ2) is 6.62. The normalized spacial score (nSPS) is 16.6. The summed E-state index contributed by atoms with van der Waals surface area (Å²) in [7, 11) is 0. The number of amides is 1. The minimum Gasteiger partial charge on any atom is -0.389 e. The minimum atomic E-state index is -0.954. The van der Waals surface area contributed by atoms with Crippen molar-refractivity contribution in [2.75, 3.05) is 13.1 Å². The van der Waals surface area contributed by atoms with Crippen LogP contribution in [0.1, 0.15) is 28.8 Å². The Labute approximate surface area is 154 Å². The van der Waals surface area contributed by atoms with E-state index in [1.165, 1.54) is 22.7 Å². The Morgan fingerprint density at radius 1 is 1.26 bits per heavy atom. The molecule has 0 aliphatic carbocycles. The molecule has 1 amide bonds. The van der Waals surface area contributed by atoms with Crippen LogP contribution in [-0.2, 0) is 6.42 Å². The summed E-state index contributed by atoms with van der Waals surface area (Å²) in [4.78, 5) is 25.9. The molecule has 0 saturated carbocycles. The first-order chi connectivity index (χ1) is 12.9. The highest BCUT2D eigenvalue weighted by atomic mass is 19.1. The standard InChI is InChI=1S/C19H19FN4O3/c20-15-3-1-2-13(10-15)12-19(27)5-8-23(9-6-19)17(25)14-4-7-24-16(11-14)21-22-18(24)26/h1-4,7,10-11,27H,5-6,8-9,12H2,(H,22,26). The first kappa shape index (κ1) is 17.4. The van der Waals surface area contributed by atoms with Crippen LogP contribution in [0.4, 0.5) is 4.39 Å². The molecule has 3 aromatic rings. The summed E-state index contributed by atoms with van der Waals surface area (Å²) in [6.45, 7) is 0.812. The zero-order chi connectivity index (χ0) is 19.0. The highest BCUT2D eigenvalue weighted by molar-refractivity contribution is 5.95. The smallest absolute Gasteiger partial charge is 0.347 e. The number of carbonyl (C=O) groups is 1. The Bertz CT molecular complexity index is 1050. The molecule has 0 spiro atoms. The van der Waals surface area contributed by atoms with E-state index >= 15 is 0 Å². The van der Waals surface area contributed by atoms with Crippen LogP contribution < -0.4 is 5.69 Å². The van der Waals surface area contributed by atoms with Gasteiger partial charge in [-0.25, -0.2) is 14.3 Å². The lowest BCUT2D eigenvalue weighted by Crippen LogP contribution is -2.47. The molecule has 0 radical (unpaired) electrons. The van der Waals surface area contributed by atoms with Crippen molar-refractivity contribution in [3.63, 3.8) is 0 Å². The van der Waals surface area contributed by atoms with Gasteiger partial charge in [-0.15, -0.1) is 0 Å². The van der Waals surface area contributed by atoms with Crippen molar-refractivity contribution >= 4 is 11.6 Å². The summed E-state index contributed by atoms with van der Waals surface area (Å²) in [5.74, 6) is -0.489. The van der Waals surface area contributed by atoms with Gasteiger partial charge in [0, 0.05) is 31.3 Å². The third-order valence-corrected chi connectivity index (χ3v) is 5.07. The number of nitrogens with zero attached hydrogens (tertiary/aromatic N) is 3. The molecule has 0 bridgehead atoms. The van der Waals surface area contributed by atoms with Crippen molar-refractivity contribution in [1.29, 1.82) is 0 Å². The number of hydrogen-bond acceptors (Lipinski definition) is 4. The number of likely N-dealkylation sites (tertiary alicyclic amines) is 1. The van der Waals surface area contributed by atoms with Crippen LogP contribution in [0.2, 0.25) is 0 Å². The fourth-order valence-electron chi connectivity index (χ4n) is 3.55. The van der Waals surface area contributed by atoms with Crippen LogP contribution in [0.5, 0.6) is 0 Å². The van der Waals surface area contributed by atoms with E-state index in [1.807, 2.05) is 0 Å². The van der Waals surface area contributed by atoms with E-state index in [0.29, 0.717) is 43.6 Å². The minimum absolute atomic E-state index is 0.166. The lowest BCUT2D eigenvalue weighted by atomic mass is 9.85. The maximum atomic E-state index is 13.4. The highest BCUT2D eigenvalue weighted by Gasteiger charge is 2.34. The molecule has 1 saturated heterocycles. The second-order valence-corrected chi connectivity index (χ2v) is 7.00. The summed E-state index contributed by atoms with van der Waals surface area (Å²) in [6, 6.07) is 9.37. The van der Waals surface area contributed by atoms with E-state index in [1.54, 1.807) is 29.2 Å². The zero-order valence-corrected chi connectivity index (χ0v) is 14.6. The molecule has 1 aliphatic rings. The zero-order valence-electron chi connectivity index (χ0n) is 14.6. The number of fused-ring (bicyclic) bond motifs is 1. The number of aliphatic hydroxyl groups is 1. The van der Waals surface area contributed by atoms with Crippen LogP contribution >= 0.6 is 0 Å². The Hall–Kier alpha value is -3.00. The Kier molecular flexibility index (Phi) is 4.27. The number of hydrogen-bond donors (Lipinski definition) is 2. The average molecular weight is 370 g/mol. The first-order valence-electron chi connectivity index (χ1n) is 8.76. The summed E-state index contributed by atoms with van der Waals surface area (Å²) >= 11 is 0. The maximum absolute atomic E-state index is 13.4. The summed E-state index contributed by atoms with van der Waals surface area (Å²) in [6.07, 6.45) is 2.70. The van der Waals surface area contributed by atoms with Gasteiger partial charge >= 0.3 is 5.69 Å². The molecule has 2 aromatic heterocycles. The van der Waals surface area contributed by atoms with Crippen molar-refractivity contribution in [3.8, 4) is 0 Å². The van der Waals surface area contributed by atoms with Gasteiger partial charge in [-0.05, 0) is 42.7 Å². The molecule has 0 atom stereocenters. The van der Waals surface area contributed by atoms with Crippen molar-refractivity contribution in [2.45, 2.75) is 24.9 Å². The van der Waals surface area contributed by atoms with Gasteiger partial charge in [-0.3, -0.25) is 9.20 Å². The van der Waals surface area contributed by atoms with Crippen LogP contribution in [0, 0.1) is 5.82 Å². The first-order valence-corrected chi connectivity index (χ1v) is 8.76. The number of rotatable bonds is 3. The van der Waals surface area contributed by atoms with E-state index < -0.39 is 5.60 Å². The number of aromatic nitrogens is 3. The third-order valence-electron chi connectivity index (χ3n) is 5.07. The fraction of sp³-hybridized carbons (Fsp3) is 0.316. The number of benzene rings is 1. The van der Waals surface area contributed by atoms with Crippen LogP contribution in [-0.4, -0.2) is 49.2 Å². The van der Waals surface area contributed by atoms with Gasteiger partial charge in [0.15, 0.2) is 5.65 Å². The second-order valence-electron chi connectivity index (χ2n) is 7.00. The number of pyridine rings is 1. The van der Waals surface area contributed by atoms with Crippen molar-refractivity contribution < 1.29 is 14.3 Å². The lowest BCUT2D eigenvalue weighted by molar-refractivity contribution is -0.0162. The number of piperidine rings is 1. The molecule has 140 valence electrons. The monoisotopic (exact) mass is 370 g/mol. The van der Waals surface area contributed by atoms with Gasteiger partial charge in [0.1, 0.15) is 5.82 Å². The van der Waals surface area contributed by atoms with Crippen molar-refractivity contribution in [1.82, 2.24) is 19.5 Å². The summed E-state index contributed by atoms with van der Waals surface area (Å²) in [5.41, 5.74) is 0.253. The predicted octanol–water partition coefficient (Wildman–Crippen LogP) is 1.37. The molecule has 7 nitrogen and oxygen atoms in total.